The third-order valence-electron chi connectivity index (χ3n) is 14.7. The normalized spacial score (nSPS) is 24.3. The third kappa shape index (κ3) is 1.27. The van der Waals surface area contributed by atoms with Crippen molar-refractivity contribution in [2.75, 3.05) is 20.1 Å². The maximum absolute atomic E-state index is 2.82. The SMILES string of the molecule is CN1CC2c3cc4c5c3c3c6c7c8c(cc9c8c8c%10c(cc%11c%12c%13c(cc(c%14c5c5c3c7c8c(c%12%10)c5c%13%14)C4)C%11)C9)=CC62C1. The molecule has 43 heavy (non-hydrogen) atoms. The van der Waals surface area contributed by atoms with E-state index in [0.717, 1.165) is 32.4 Å². The third-order valence-corrected chi connectivity index (χ3v) is 14.7. The maximum atomic E-state index is 2.82. The Morgan fingerprint density at radius 1 is 0.488 bits per heavy atom. The van der Waals surface area contributed by atoms with E-state index in [1.54, 1.807) is 157 Å². The fraction of sp³-hybridized carbons (Fsp3) is 0.190. The summed E-state index contributed by atoms with van der Waals surface area (Å²) in [5.74, 6) is 0.538. The molecule has 17 rings (SSSR count). The molecule has 6 aliphatic rings. The Morgan fingerprint density at radius 2 is 0.930 bits per heavy atom. The highest BCUT2D eigenvalue weighted by atomic mass is 15.1. The average molecular weight is 538 g/mol. The highest BCUT2D eigenvalue weighted by Crippen LogP contribution is 2.70. The predicted octanol–water partition coefficient (Wildman–Crippen LogP) is 8.35. The lowest BCUT2D eigenvalue weighted by atomic mass is 9.63. The Morgan fingerprint density at radius 3 is 1.56 bits per heavy atom. The molecule has 1 spiro atoms. The van der Waals surface area contributed by atoms with Crippen molar-refractivity contribution in [2.24, 2.45) is 0 Å². The molecule has 0 radical (unpaired) electrons. The summed E-state index contributed by atoms with van der Waals surface area (Å²) in [6, 6.07) is 10.7. The van der Waals surface area contributed by atoms with Crippen molar-refractivity contribution in [3.05, 3.63) is 74.0 Å². The molecule has 2 unspecified atom stereocenters. The molecule has 2 atom stereocenters. The standard InChI is InChI=1S/C42H19N/c1-43-10-20-19-8-17-6-15-4-13-2-12-3-14-5-16-7-18-9-42(20,11-43)41-39-27(18)23(16)31-25(14)29-21(12)22(13)30-26(15)32-24(17)28(19)40(41)38-36(32)34(30)33(29)35(31)37(38)39/h3-4,7-9,20H,2,5-6,10-11H2,1H3. The molecule has 1 saturated heterocycles. The summed E-state index contributed by atoms with van der Waals surface area (Å²) in [7, 11) is 2.39. The van der Waals surface area contributed by atoms with E-state index in [1.165, 1.54) is 0 Å². The number of benzene rings is 6. The number of fused-ring (bicyclic) bond motifs is 1. The smallest absolute Gasteiger partial charge is 0.0362 e. The van der Waals surface area contributed by atoms with Gasteiger partial charge in [0.15, 0.2) is 0 Å². The molecular formula is C42H19N. The summed E-state index contributed by atoms with van der Waals surface area (Å²) in [5.41, 5.74) is 13.2. The molecule has 0 saturated carbocycles. The molecular weight excluding hydrogens is 518 g/mol. The molecule has 0 aromatic heterocycles. The van der Waals surface area contributed by atoms with Crippen LogP contribution in [-0.4, -0.2) is 25.0 Å². The largest absolute Gasteiger partial charge is 0.304 e. The van der Waals surface area contributed by atoms with Crippen LogP contribution in [0.5, 0.6) is 0 Å². The van der Waals surface area contributed by atoms with Gasteiger partial charge in [-0.2, -0.15) is 0 Å². The number of hydrogen-bond acceptors (Lipinski definition) is 1. The van der Waals surface area contributed by atoms with E-state index in [9.17, 15) is 0 Å². The molecule has 11 aromatic carbocycles. The van der Waals surface area contributed by atoms with Crippen molar-refractivity contribution in [3.63, 3.8) is 0 Å². The van der Waals surface area contributed by atoms with Crippen molar-refractivity contribution in [1.29, 1.82) is 0 Å². The van der Waals surface area contributed by atoms with E-state index in [1.807, 2.05) is 0 Å². The van der Waals surface area contributed by atoms with Crippen LogP contribution in [0.25, 0.3) is 114 Å². The topological polar surface area (TPSA) is 3.24 Å². The fourth-order valence-corrected chi connectivity index (χ4v) is 14.0. The van der Waals surface area contributed by atoms with Gasteiger partial charge in [-0.3, -0.25) is 0 Å². The fourth-order valence-electron chi connectivity index (χ4n) is 14.0. The molecule has 0 bridgehead atoms. The van der Waals surface area contributed by atoms with Crippen molar-refractivity contribution >= 4 is 114 Å². The van der Waals surface area contributed by atoms with E-state index in [4.69, 9.17) is 0 Å². The Labute approximate surface area is 242 Å². The minimum absolute atomic E-state index is 0.0735. The first kappa shape index (κ1) is 18.3. The second kappa shape index (κ2) is 4.59. The first-order valence-electron chi connectivity index (χ1n) is 16.4. The maximum Gasteiger partial charge on any atom is 0.0362 e. The van der Waals surface area contributed by atoms with Gasteiger partial charge < -0.3 is 4.90 Å². The zero-order valence-electron chi connectivity index (χ0n) is 23.4. The molecule has 192 valence electrons. The van der Waals surface area contributed by atoms with Crippen LogP contribution >= 0.6 is 0 Å². The Hall–Kier alpha value is -4.46. The molecule has 1 heterocycles. The number of likely N-dealkylation sites (N-methyl/N-ethyl adjacent to an activating group) is 1. The predicted molar refractivity (Wildman–Crippen MR) is 179 cm³/mol. The molecule has 0 amide bonds. The van der Waals surface area contributed by atoms with Crippen LogP contribution in [0.4, 0.5) is 0 Å². The van der Waals surface area contributed by atoms with Gasteiger partial charge in [0, 0.05) is 24.4 Å². The molecule has 0 N–H and O–H groups in total. The summed E-state index contributed by atoms with van der Waals surface area (Å²) in [6.45, 7) is 2.31. The van der Waals surface area contributed by atoms with Crippen LogP contribution in [0.2, 0.25) is 0 Å². The van der Waals surface area contributed by atoms with Gasteiger partial charge in [0.05, 0.1) is 0 Å². The van der Waals surface area contributed by atoms with E-state index < -0.39 is 0 Å². The molecule has 1 fully saturated rings. The second-order valence-electron chi connectivity index (χ2n) is 16.0. The Kier molecular flexibility index (Phi) is 1.95. The first-order valence-corrected chi connectivity index (χ1v) is 16.4. The van der Waals surface area contributed by atoms with E-state index in [-0.39, 0.29) is 5.41 Å². The van der Waals surface area contributed by atoms with Crippen LogP contribution in [0.15, 0.2) is 24.3 Å². The van der Waals surface area contributed by atoms with E-state index >= 15 is 0 Å². The number of hydrogen-bond donors (Lipinski definition) is 0. The highest BCUT2D eigenvalue weighted by Gasteiger charge is 2.54. The quantitative estimate of drug-likeness (QED) is 0.176. The summed E-state index contributed by atoms with van der Waals surface area (Å²) in [6.07, 6.45) is 6.13. The van der Waals surface area contributed by atoms with Gasteiger partial charge in [-0.25, -0.2) is 0 Å². The van der Waals surface area contributed by atoms with Gasteiger partial charge in [0.1, 0.15) is 0 Å². The van der Waals surface area contributed by atoms with Crippen LogP contribution in [0.1, 0.15) is 50.4 Å². The zero-order valence-corrected chi connectivity index (χ0v) is 23.4. The van der Waals surface area contributed by atoms with E-state index in [2.05, 4.69) is 42.3 Å². The van der Waals surface area contributed by atoms with Crippen LogP contribution in [0.3, 0.4) is 0 Å². The summed E-state index contributed by atoms with van der Waals surface area (Å²) in [5, 5.41) is 34.5. The van der Waals surface area contributed by atoms with Crippen LogP contribution in [0, 0.1) is 0 Å². The van der Waals surface area contributed by atoms with Gasteiger partial charge in [0.25, 0.3) is 0 Å². The lowest BCUT2D eigenvalue weighted by molar-refractivity contribution is 0.400. The van der Waals surface area contributed by atoms with Gasteiger partial charge in [-0.15, -0.1) is 0 Å². The van der Waals surface area contributed by atoms with Crippen LogP contribution in [-0.2, 0) is 24.7 Å². The molecule has 5 aliphatic carbocycles. The number of nitrogens with zero attached hydrogens (tertiary/aromatic N) is 1. The minimum atomic E-state index is 0.0735. The van der Waals surface area contributed by atoms with Crippen molar-refractivity contribution in [3.8, 4) is 0 Å². The van der Waals surface area contributed by atoms with Gasteiger partial charge in [-0.1, -0.05) is 30.3 Å². The summed E-state index contributed by atoms with van der Waals surface area (Å²) in [4.78, 5) is 2.66. The average Bonchev–Trinajstić information content (AvgIpc) is 3.81. The van der Waals surface area contributed by atoms with Gasteiger partial charge in [0.2, 0.25) is 0 Å². The Balaban J connectivity index is 1.43. The highest BCUT2D eigenvalue weighted by molar-refractivity contribution is 6.63. The lowest BCUT2D eigenvalue weighted by Gasteiger charge is -2.38. The molecule has 11 aromatic rings. The van der Waals surface area contributed by atoms with E-state index in [0.29, 0.717) is 5.92 Å². The number of likely N-dealkylation sites (tertiary alicyclic amines) is 1. The Bertz CT molecular complexity index is 3430. The molecule has 1 heteroatoms. The van der Waals surface area contributed by atoms with Gasteiger partial charge in [-0.05, 0) is 184 Å². The zero-order chi connectivity index (χ0) is 26.5. The summed E-state index contributed by atoms with van der Waals surface area (Å²) >= 11 is 0. The monoisotopic (exact) mass is 537 g/mol. The lowest BCUT2D eigenvalue weighted by Crippen LogP contribution is -2.36. The van der Waals surface area contributed by atoms with Crippen LogP contribution < -0.4 is 5.22 Å². The summed E-state index contributed by atoms with van der Waals surface area (Å²) < 4.78 is 0. The first-order chi connectivity index (χ1) is 21.2. The molecule has 1 nitrogen and oxygen atoms in total. The number of rotatable bonds is 0. The van der Waals surface area contributed by atoms with Crippen molar-refractivity contribution in [1.82, 2.24) is 4.90 Å². The van der Waals surface area contributed by atoms with Crippen molar-refractivity contribution < 1.29 is 0 Å². The van der Waals surface area contributed by atoms with Crippen molar-refractivity contribution in [2.45, 2.75) is 30.6 Å². The second-order valence-corrected chi connectivity index (χ2v) is 16.0. The minimum Gasteiger partial charge on any atom is -0.304 e. The molecule has 1 aliphatic heterocycles. The van der Waals surface area contributed by atoms with Gasteiger partial charge >= 0.3 is 0 Å².